The van der Waals surface area contributed by atoms with Crippen molar-refractivity contribution in [3.05, 3.63) is 53.8 Å². The molecule has 0 unspecified atom stereocenters. The van der Waals surface area contributed by atoms with Crippen molar-refractivity contribution in [1.29, 1.82) is 0 Å². The van der Waals surface area contributed by atoms with Gasteiger partial charge in [-0.15, -0.1) is 11.8 Å². The first-order valence-electron chi connectivity index (χ1n) is 7.79. The standard InChI is InChI=1S/C18H19FN2O3S/c1-23-15-8-3-12(11-16(15)24-2)17-21(9-10-25-17)18(22)20-14-6-4-13(19)5-7-14/h3-8,11,17H,9-10H2,1-2H3,(H,20,22)/t17-/m0/s1. The van der Waals surface area contributed by atoms with Crippen molar-refractivity contribution in [2.75, 3.05) is 31.8 Å². The predicted molar refractivity (Wildman–Crippen MR) is 96.9 cm³/mol. The number of ether oxygens (including phenoxy) is 2. The molecule has 132 valence electrons. The fourth-order valence-corrected chi connectivity index (χ4v) is 3.93. The second-order valence-corrected chi connectivity index (χ2v) is 6.66. The Bertz CT molecular complexity index is 754. The van der Waals surface area contributed by atoms with E-state index in [0.29, 0.717) is 23.7 Å². The Kier molecular flexibility index (Phi) is 5.33. The van der Waals surface area contributed by atoms with Crippen LogP contribution in [-0.2, 0) is 0 Å². The lowest BCUT2D eigenvalue weighted by atomic mass is 10.2. The molecule has 1 heterocycles. The van der Waals surface area contributed by atoms with Crippen molar-refractivity contribution in [2.45, 2.75) is 5.37 Å². The lowest BCUT2D eigenvalue weighted by Gasteiger charge is -2.25. The molecule has 2 aromatic carbocycles. The van der Waals surface area contributed by atoms with E-state index in [2.05, 4.69) is 5.32 Å². The highest BCUT2D eigenvalue weighted by Gasteiger charge is 2.31. The van der Waals surface area contributed by atoms with Crippen LogP contribution in [-0.4, -0.2) is 37.4 Å². The van der Waals surface area contributed by atoms with Crippen LogP contribution in [0.4, 0.5) is 14.9 Å². The summed E-state index contributed by atoms with van der Waals surface area (Å²) in [6.45, 7) is 0.636. The fourth-order valence-electron chi connectivity index (χ4n) is 2.69. The van der Waals surface area contributed by atoms with Crippen molar-refractivity contribution in [1.82, 2.24) is 4.90 Å². The van der Waals surface area contributed by atoms with E-state index in [1.807, 2.05) is 18.2 Å². The first-order chi connectivity index (χ1) is 12.1. The van der Waals surface area contributed by atoms with Crippen molar-refractivity contribution < 1.29 is 18.7 Å². The van der Waals surface area contributed by atoms with Gasteiger partial charge in [0.05, 0.1) is 14.2 Å². The number of benzene rings is 2. The Morgan fingerprint density at radius 2 is 1.88 bits per heavy atom. The zero-order valence-electron chi connectivity index (χ0n) is 14.0. The van der Waals surface area contributed by atoms with E-state index in [-0.39, 0.29) is 17.2 Å². The van der Waals surface area contributed by atoms with E-state index < -0.39 is 0 Å². The minimum Gasteiger partial charge on any atom is -0.493 e. The molecule has 0 radical (unpaired) electrons. The van der Waals surface area contributed by atoms with Gasteiger partial charge in [0, 0.05) is 18.0 Å². The number of methoxy groups -OCH3 is 2. The van der Waals surface area contributed by atoms with Gasteiger partial charge in [-0.1, -0.05) is 6.07 Å². The minimum absolute atomic E-state index is 0.111. The Hall–Kier alpha value is -2.41. The summed E-state index contributed by atoms with van der Waals surface area (Å²) in [5, 5.41) is 2.70. The van der Waals surface area contributed by atoms with Crippen LogP contribution in [0.25, 0.3) is 0 Å². The summed E-state index contributed by atoms with van der Waals surface area (Å²) >= 11 is 1.69. The van der Waals surface area contributed by atoms with Crippen LogP contribution >= 0.6 is 11.8 Å². The maximum Gasteiger partial charge on any atom is 0.323 e. The van der Waals surface area contributed by atoms with Gasteiger partial charge in [0.15, 0.2) is 11.5 Å². The number of hydrogen-bond donors (Lipinski definition) is 1. The van der Waals surface area contributed by atoms with Gasteiger partial charge in [0.2, 0.25) is 0 Å². The highest BCUT2D eigenvalue weighted by atomic mass is 32.2. The average Bonchev–Trinajstić information content (AvgIpc) is 3.13. The van der Waals surface area contributed by atoms with E-state index in [4.69, 9.17) is 9.47 Å². The molecular formula is C18H19FN2O3S. The first-order valence-corrected chi connectivity index (χ1v) is 8.84. The predicted octanol–water partition coefficient (Wildman–Crippen LogP) is 4.12. The minimum atomic E-state index is -0.335. The number of nitrogens with one attached hydrogen (secondary N) is 1. The molecule has 2 aromatic rings. The maximum atomic E-state index is 13.0. The molecule has 1 saturated heterocycles. The highest BCUT2D eigenvalue weighted by Crippen LogP contribution is 2.41. The number of anilines is 1. The van der Waals surface area contributed by atoms with Crippen molar-refractivity contribution in [3.8, 4) is 11.5 Å². The molecule has 3 rings (SSSR count). The molecule has 1 aliphatic heterocycles. The molecule has 0 bridgehead atoms. The van der Waals surface area contributed by atoms with E-state index >= 15 is 0 Å². The van der Waals surface area contributed by atoms with Gasteiger partial charge in [0.1, 0.15) is 11.2 Å². The molecular weight excluding hydrogens is 343 g/mol. The summed E-state index contributed by atoms with van der Waals surface area (Å²) in [6, 6.07) is 11.2. The molecule has 1 aliphatic rings. The fraction of sp³-hybridized carbons (Fsp3) is 0.278. The van der Waals surface area contributed by atoms with E-state index in [0.717, 1.165) is 11.3 Å². The summed E-state index contributed by atoms with van der Waals surface area (Å²) < 4.78 is 23.6. The van der Waals surface area contributed by atoms with Gasteiger partial charge in [-0.25, -0.2) is 9.18 Å². The molecule has 7 heteroatoms. The number of carbonyl (C=O) groups excluding carboxylic acids is 1. The van der Waals surface area contributed by atoms with Crippen LogP contribution in [0.2, 0.25) is 0 Å². The van der Waals surface area contributed by atoms with Gasteiger partial charge < -0.3 is 19.7 Å². The Balaban J connectivity index is 1.77. The van der Waals surface area contributed by atoms with Gasteiger partial charge in [-0.05, 0) is 42.0 Å². The summed E-state index contributed by atoms with van der Waals surface area (Å²) in [5.74, 6) is 1.79. The lowest BCUT2D eigenvalue weighted by molar-refractivity contribution is 0.214. The zero-order valence-corrected chi connectivity index (χ0v) is 14.8. The number of thioether (sulfide) groups is 1. The Morgan fingerprint density at radius 3 is 2.56 bits per heavy atom. The average molecular weight is 362 g/mol. The molecule has 1 atom stereocenters. The first kappa shape index (κ1) is 17.4. The number of hydrogen-bond acceptors (Lipinski definition) is 4. The normalized spacial score (nSPS) is 16.6. The molecule has 5 nitrogen and oxygen atoms in total. The molecule has 0 saturated carbocycles. The summed E-state index contributed by atoms with van der Waals surface area (Å²) in [7, 11) is 3.17. The van der Waals surface area contributed by atoms with E-state index in [1.165, 1.54) is 12.1 Å². The smallest absolute Gasteiger partial charge is 0.323 e. The largest absolute Gasteiger partial charge is 0.493 e. The molecule has 0 aliphatic carbocycles. The van der Waals surface area contributed by atoms with Gasteiger partial charge in [-0.3, -0.25) is 0 Å². The van der Waals surface area contributed by atoms with Crippen molar-refractivity contribution in [2.24, 2.45) is 0 Å². The van der Waals surface area contributed by atoms with E-state index in [9.17, 15) is 9.18 Å². The SMILES string of the molecule is COc1ccc([C@@H]2SCCN2C(=O)Nc2ccc(F)cc2)cc1OC. The third-order valence-corrected chi connectivity index (χ3v) is 5.20. The van der Waals surface area contributed by atoms with Crippen LogP contribution in [0.5, 0.6) is 11.5 Å². The molecule has 0 spiro atoms. The monoisotopic (exact) mass is 362 g/mol. The maximum absolute atomic E-state index is 13.0. The zero-order chi connectivity index (χ0) is 17.8. The number of halogens is 1. The number of nitrogens with zero attached hydrogens (tertiary/aromatic N) is 1. The van der Waals surface area contributed by atoms with Crippen LogP contribution in [0.1, 0.15) is 10.9 Å². The quantitative estimate of drug-likeness (QED) is 0.889. The Labute approximate surface area is 150 Å². The van der Waals surface area contributed by atoms with Crippen LogP contribution in [0, 0.1) is 5.82 Å². The topological polar surface area (TPSA) is 50.8 Å². The van der Waals surface area contributed by atoms with Crippen molar-refractivity contribution >= 4 is 23.5 Å². The highest BCUT2D eigenvalue weighted by molar-refractivity contribution is 7.99. The van der Waals surface area contributed by atoms with Crippen LogP contribution in [0.15, 0.2) is 42.5 Å². The van der Waals surface area contributed by atoms with Crippen molar-refractivity contribution in [3.63, 3.8) is 0 Å². The number of carbonyl (C=O) groups is 1. The van der Waals surface area contributed by atoms with Gasteiger partial charge >= 0.3 is 6.03 Å². The molecule has 1 fully saturated rings. The molecule has 2 amide bonds. The number of amides is 2. The molecule has 1 N–H and O–H groups in total. The third-order valence-electron chi connectivity index (χ3n) is 3.94. The summed E-state index contributed by atoms with van der Waals surface area (Å²) in [4.78, 5) is 14.4. The Morgan fingerprint density at radius 1 is 1.16 bits per heavy atom. The molecule has 0 aromatic heterocycles. The summed E-state index contributed by atoms with van der Waals surface area (Å²) in [5.41, 5.74) is 1.53. The summed E-state index contributed by atoms with van der Waals surface area (Å²) in [6.07, 6.45) is 0. The van der Waals surface area contributed by atoms with Gasteiger partial charge in [-0.2, -0.15) is 0 Å². The van der Waals surface area contributed by atoms with E-state index in [1.54, 1.807) is 43.0 Å². The van der Waals surface area contributed by atoms with Crippen LogP contribution in [0.3, 0.4) is 0 Å². The number of rotatable bonds is 4. The lowest BCUT2D eigenvalue weighted by Crippen LogP contribution is -2.34. The molecule has 25 heavy (non-hydrogen) atoms. The third kappa shape index (κ3) is 3.82. The number of urea groups is 1. The second kappa shape index (κ2) is 7.65. The second-order valence-electron chi connectivity index (χ2n) is 5.47. The van der Waals surface area contributed by atoms with Gasteiger partial charge in [0.25, 0.3) is 0 Å². The van der Waals surface area contributed by atoms with Crippen LogP contribution < -0.4 is 14.8 Å².